The molecule has 2 aromatic carbocycles. The van der Waals surface area contributed by atoms with Crippen LogP contribution in [0.3, 0.4) is 0 Å². The fourth-order valence-corrected chi connectivity index (χ4v) is 4.98. The van der Waals surface area contributed by atoms with E-state index in [1.54, 1.807) is 12.1 Å². The second-order valence-electron chi connectivity index (χ2n) is 8.87. The number of para-hydroxylation sites is 1. The lowest BCUT2D eigenvalue weighted by molar-refractivity contribution is -0.126. The van der Waals surface area contributed by atoms with Crippen molar-refractivity contribution in [2.75, 3.05) is 16.6 Å². The van der Waals surface area contributed by atoms with Crippen molar-refractivity contribution in [3.8, 4) is 5.75 Å². The molecule has 176 valence electrons. The zero-order valence-electron chi connectivity index (χ0n) is 19.8. The van der Waals surface area contributed by atoms with Gasteiger partial charge in [0.25, 0.3) is 5.91 Å². The number of nitrogens with zero attached hydrogens (tertiary/aromatic N) is 2. The SMILES string of the molecule is CCCC[C@@H](CC)[C@@H]1[C@H]2C(=O)N(c3ccc(OCCC)cc3)C(=O)[C@H]2ON1c1ccccc1. The first-order valence-electron chi connectivity index (χ1n) is 12.2. The Morgan fingerprint density at radius 3 is 2.27 bits per heavy atom. The van der Waals surface area contributed by atoms with E-state index in [2.05, 4.69) is 13.8 Å². The third kappa shape index (κ3) is 4.49. The fraction of sp³-hybridized carbons (Fsp3) is 0.481. The molecule has 6 nitrogen and oxygen atoms in total. The van der Waals surface area contributed by atoms with Gasteiger partial charge in [-0.25, -0.2) is 9.96 Å². The fourth-order valence-electron chi connectivity index (χ4n) is 4.98. The molecule has 0 unspecified atom stereocenters. The summed E-state index contributed by atoms with van der Waals surface area (Å²) in [5.41, 5.74) is 1.45. The van der Waals surface area contributed by atoms with Gasteiger partial charge in [-0.05, 0) is 55.2 Å². The number of amides is 2. The Balaban J connectivity index is 1.64. The van der Waals surface area contributed by atoms with Gasteiger partial charge >= 0.3 is 0 Å². The summed E-state index contributed by atoms with van der Waals surface area (Å²) in [5, 5.41) is 1.84. The summed E-state index contributed by atoms with van der Waals surface area (Å²) in [6.45, 7) is 7.01. The Labute approximate surface area is 196 Å². The molecule has 4 rings (SSSR count). The van der Waals surface area contributed by atoms with E-state index in [1.807, 2.05) is 54.5 Å². The summed E-state index contributed by atoms with van der Waals surface area (Å²) in [5.74, 6) is -0.00121. The number of benzene rings is 2. The van der Waals surface area contributed by atoms with Crippen LogP contribution >= 0.6 is 0 Å². The molecule has 0 aromatic heterocycles. The normalized spacial score (nSPS) is 23.2. The van der Waals surface area contributed by atoms with Crippen LogP contribution in [-0.2, 0) is 14.4 Å². The highest BCUT2D eigenvalue weighted by atomic mass is 16.7. The maximum Gasteiger partial charge on any atom is 0.266 e. The summed E-state index contributed by atoms with van der Waals surface area (Å²) in [6, 6.07) is 16.8. The summed E-state index contributed by atoms with van der Waals surface area (Å²) in [6.07, 6.45) is 4.22. The monoisotopic (exact) mass is 450 g/mol. The number of imide groups is 1. The van der Waals surface area contributed by atoms with Crippen molar-refractivity contribution < 1.29 is 19.2 Å². The number of carbonyl (C=O) groups excluding carboxylic acids is 2. The van der Waals surface area contributed by atoms with Crippen LogP contribution in [0.1, 0.15) is 52.9 Å². The lowest BCUT2D eigenvalue weighted by Gasteiger charge is -2.33. The van der Waals surface area contributed by atoms with Crippen LogP contribution in [-0.4, -0.2) is 30.6 Å². The molecule has 4 atom stereocenters. The van der Waals surface area contributed by atoms with Crippen molar-refractivity contribution in [2.45, 2.75) is 65.0 Å². The molecule has 0 radical (unpaired) electrons. The van der Waals surface area contributed by atoms with E-state index >= 15 is 0 Å². The summed E-state index contributed by atoms with van der Waals surface area (Å²) in [7, 11) is 0. The molecular weight excluding hydrogens is 416 g/mol. The molecule has 2 amide bonds. The van der Waals surface area contributed by atoms with Crippen molar-refractivity contribution >= 4 is 23.2 Å². The highest BCUT2D eigenvalue weighted by molar-refractivity contribution is 6.23. The van der Waals surface area contributed by atoms with E-state index < -0.39 is 12.0 Å². The van der Waals surface area contributed by atoms with Crippen LogP contribution in [0, 0.1) is 11.8 Å². The predicted molar refractivity (Wildman–Crippen MR) is 129 cm³/mol. The van der Waals surface area contributed by atoms with Crippen LogP contribution in [0.15, 0.2) is 54.6 Å². The Bertz CT molecular complexity index is 946. The third-order valence-electron chi connectivity index (χ3n) is 6.68. The summed E-state index contributed by atoms with van der Waals surface area (Å²) in [4.78, 5) is 34.7. The second-order valence-corrected chi connectivity index (χ2v) is 8.87. The quantitative estimate of drug-likeness (QED) is 0.456. The zero-order chi connectivity index (χ0) is 23.4. The first-order valence-corrected chi connectivity index (χ1v) is 12.2. The molecular formula is C27H34N2O4. The molecule has 0 N–H and O–H groups in total. The number of rotatable bonds is 10. The van der Waals surface area contributed by atoms with Crippen molar-refractivity contribution in [2.24, 2.45) is 11.8 Å². The van der Waals surface area contributed by atoms with Crippen LogP contribution in [0.4, 0.5) is 11.4 Å². The highest BCUT2D eigenvalue weighted by Gasteiger charge is 2.61. The highest BCUT2D eigenvalue weighted by Crippen LogP contribution is 2.44. The first kappa shape index (κ1) is 23.3. The van der Waals surface area contributed by atoms with E-state index in [-0.39, 0.29) is 23.8 Å². The molecule has 2 aliphatic heterocycles. The minimum atomic E-state index is -0.797. The van der Waals surface area contributed by atoms with Crippen molar-refractivity contribution in [3.05, 3.63) is 54.6 Å². The first-order chi connectivity index (χ1) is 16.1. The Morgan fingerprint density at radius 2 is 1.64 bits per heavy atom. The molecule has 0 spiro atoms. The van der Waals surface area contributed by atoms with E-state index in [9.17, 15) is 9.59 Å². The molecule has 0 aliphatic carbocycles. The molecule has 0 bridgehead atoms. The minimum Gasteiger partial charge on any atom is -0.494 e. The second kappa shape index (κ2) is 10.4. The zero-order valence-corrected chi connectivity index (χ0v) is 19.8. The number of hydrogen-bond donors (Lipinski definition) is 0. The molecule has 0 saturated carbocycles. The smallest absolute Gasteiger partial charge is 0.266 e. The van der Waals surface area contributed by atoms with E-state index in [4.69, 9.17) is 9.57 Å². The number of hydroxylamine groups is 1. The van der Waals surface area contributed by atoms with Gasteiger partial charge in [-0.15, -0.1) is 0 Å². The number of anilines is 2. The third-order valence-corrected chi connectivity index (χ3v) is 6.68. The van der Waals surface area contributed by atoms with Gasteiger partial charge in [0.05, 0.1) is 29.9 Å². The van der Waals surface area contributed by atoms with E-state index in [1.165, 1.54) is 4.90 Å². The molecule has 2 aliphatic rings. The predicted octanol–water partition coefficient (Wildman–Crippen LogP) is 5.37. The lowest BCUT2D eigenvalue weighted by Crippen LogP contribution is -2.44. The van der Waals surface area contributed by atoms with E-state index in [0.29, 0.717) is 12.3 Å². The Kier molecular flexibility index (Phi) is 7.33. The summed E-state index contributed by atoms with van der Waals surface area (Å²) < 4.78 is 5.64. The largest absolute Gasteiger partial charge is 0.494 e. The standard InChI is InChI=1S/C27H34N2O4/c1-4-7-11-19(6-3)24-23-25(33-29(24)21-12-9-8-10-13-21)27(31)28(26(23)30)20-14-16-22(17-15-20)32-18-5-2/h8-10,12-17,19,23-25H,4-7,11,18H2,1-3H3/t19-,23-,24-,25+/m1/s1. The van der Waals surface area contributed by atoms with Crippen LogP contribution in [0.25, 0.3) is 0 Å². The minimum absolute atomic E-state index is 0.175. The van der Waals surface area contributed by atoms with E-state index in [0.717, 1.165) is 43.5 Å². The Hall–Kier alpha value is -2.86. The maximum atomic E-state index is 13.7. The lowest BCUT2D eigenvalue weighted by atomic mass is 9.82. The van der Waals surface area contributed by atoms with Gasteiger partial charge in [-0.1, -0.05) is 58.2 Å². The number of hydrogen-bond acceptors (Lipinski definition) is 5. The molecule has 2 aromatic rings. The van der Waals surface area contributed by atoms with Crippen LogP contribution < -0.4 is 14.7 Å². The maximum absolute atomic E-state index is 13.7. The topological polar surface area (TPSA) is 59.1 Å². The van der Waals surface area contributed by atoms with Gasteiger partial charge in [0, 0.05) is 0 Å². The number of unbranched alkanes of at least 4 members (excludes halogenated alkanes) is 1. The van der Waals surface area contributed by atoms with Crippen molar-refractivity contribution in [1.82, 2.24) is 0 Å². The Morgan fingerprint density at radius 1 is 0.909 bits per heavy atom. The molecule has 33 heavy (non-hydrogen) atoms. The number of carbonyl (C=O) groups is 2. The number of fused-ring (bicyclic) bond motifs is 1. The van der Waals surface area contributed by atoms with Crippen LogP contribution in [0.5, 0.6) is 5.75 Å². The van der Waals surface area contributed by atoms with Gasteiger partial charge < -0.3 is 4.74 Å². The van der Waals surface area contributed by atoms with Gasteiger partial charge in [0.2, 0.25) is 5.91 Å². The molecule has 2 saturated heterocycles. The molecule has 2 fully saturated rings. The summed E-state index contributed by atoms with van der Waals surface area (Å²) >= 11 is 0. The molecule has 2 heterocycles. The van der Waals surface area contributed by atoms with Gasteiger partial charge in [-0.2, -0.15) is 0 Å². The van der Waals surface area contributed by atoms with Crippen molar-refractivity contribution in [3.63, 3.8) is 0 Å². The number of ether oxygens (including phenoxy) is 1. The average molecular weight is 451 g/mol. The average Bonchev–Trinajstić information content (AvgIpc) is 3.35. The molecule has 6 heteroatoms. The van der Waals surface area contributed by atoms with Gasteiger partial charge in [0.1, 0.15) is 5.75 Å². The van der Waals surface area contributed by atoms with Gasteiger partial charge in [-0.3, -0.25) is 14.4 Å². The van der Waals surface area contributed by atoms with Crippen molar-refractivity contribution in [1.29, 1.82) is 0 Å². The van der Waals surface area contributed by atoms with Crippen LogP contribution in [0.2, 0.25) is 0 Å². The van der Waals surface area contributed by atoms with Gasteiger partial charge in [0.15, 0.2) is 6.10 Å².